The molecule has 2 rings (SSSR count). The third-order valence-electron chi connectivity index (χ3n) is 2.79. The fourth-order valence-corrected chi connectivity index (χ4v) is 1.95. The molecular formula is C12H15NO2. The molecule has 0 saturated heterocycles. The minimum Gasteiger partial charge on any atom is -0.469 e. The Kier molecular flexibility index (Phi) is 2.90. The molecule has 0 atom stereocenters. The van der Waals surface area contributed by atoms with Crippen LogP contribution in [-0.4, -0.2) is 18.1 Å². The Morgan fingerprint density at radius 2 is 2.47 bits per heavy atom. The number of methoxy groups -OCH3 is 1. The molecule has 1 N–H and O–H groups in total. The summed E-state index contributed by atoms with van der Waals surface area (Å²) < 4.78 is 4.63. The lowest BCUT2D eigenvalue weighted by molar-refractivity contribution is -0.140. The Morgan fingerprint density at radius 3 is 3.27 bits per heavy atom. The van der Waals surface area contributed by atoms with Crippen molar-refractivity contribution in [2.45, 2.75) is 25.7 Å². The van der Waals surface area contributed by atoms with E-state index in [9.17, 15) is 4.79 Å². The molecule has 0 radical (unpaired) electrons. The van der Waals surface area contributed by atoms with Crippen LogP contribution in [0, 0.1) is 0 Å². The maximum absolute atomic E-state index is 11.0. The first-order chi connectivity index (χ1) is 7.31. The monoisotopic (exact) mass is 205 g/mol. The van der Waals surface area contributed by atoms with Crippen LogP contribution in [0.1, 0.15) is 29.7 Å². The number of esters is 1. The molecule has 3 nitrogen and oxygen atoms in total. The molecule has 0 aromatic carbocycles. The van der Waals surface area contributed by atoms with E-state index < -0.39 is 0 Å². The normalized spacial score (nSPS) is 13.7. The summed E-state index contributed by atoms with van der Waals surface area (Å²) >= 11 is 0. The van der Waals surface area contributed by atoms with Gasteiger partial charge in [0, 0.05) is 18.3 Å². The number of hydrogen-bond acceptors (Lipinski definition) is 2. The molecular weight excluding hydrogens is 190 g/mol. The average molecular weight is 205 g/mol. The number of carbonyl (C=O) groups excluding carboxylic acids is 1. The minimum atomic E-state index is -0.142. The molecule has 0 amide bonds. The van der Waals surface area contributed by atoms with E-state index in [0.29, 0.717) is 6.42 Å². The number of aryl methyl sites for hydroxylation is 1. The summed E-state index contributed by atoms with van der Waals surface area (Å²) in [6.45, 7) is 0. The van der Waals surface area contributed by atoms with Gasteiger partial charge < -0.3 is 9.72 Å². The van der Waals surface area contributed by atoms with Crippen LogP contribution in [0.25, 0.3) is 6.08 Å². The second-order valence-electron chi connectivity index (χ2n) is 3.72. The number of nitrogens with one attached hydrogen (secondary N) is 1. The van der Waals surface area contributed by atoms with Gasteiger partial charge in [-0.05, 0) is 36.5 Å². The van der Waals surface area contributed by atoms with Crippen molar-refractivity contribution in [3.05, 3.63) is 29.1 Å². The zero-order valence-corrected chi connectivity index (χ0v) is 8.88. The van der Waals surface area contributed by atoms with Crippen molar-refractivity contribution in [2.24, 2.45) is 0 Å². The second kappa shape index (κ2) is 4.34. The van der Waals surface area contributed by atoms with Crippen molar-refractivity contribution in [1.82, 2.24) is 4.98 Å². The van der Waals surface area contributed by atoms with Crippen LogP contribution in [0.2, 0.25) is 0 Å². The Hall–Kier alpha value is -1.51. The molecule has 0 unspecified atom stereocenters. The lowest BCUT2D eigenvalue weighted by Crippen LogP contribution is -2.03. The van der Waals surface area contributed by atoms with Crippen molar-refractivity contribution in [3.8, 4) is 0 Å². The van der Waals surface area contributed by atoms with Crippen LogP contribution in [0.3, 0.4) is 0 Å². The molecule has 0 bridgehead atoms. The molecule has 1 aromatic heterocycles. The number of ether oxygens (including phenoxy) is 1. The number of carbonyl (C=O) groups is 1. The molecule has 0 spiro atoms. The van der Waals surface area contributed by atoms with E-state index in [1.807, 2.05) is 6.20 Å². The third kappa shape index (κ3) is 2.12. The van der Waals surface area contributed by atoms with Crippen LogP contribution in [0.5, 0.6) is 0 Å². The topological polar surface area (TPSA) is 42.1 Å². The lowest BCUT2D eigenvalue weighted by atomic mass is 9.98. The van der Waals surface area contributed by atoms with E-state index in [2.05, 4.69) is 21.9 Å². The number of hydrogen-bond donors (Lipinski definition) is 1. The zero-order chi connectivity index (χ0) is 10.7. The van der Waals surface area contributed by atoms with Gasteiger partial charge in [-0.15, -0.1) is 0 Å². The van der Waals surface area contributed by atoms with Crippen molar-refractivity contribution in [2.75, 3.05) is 7.11 Å². The van der Waals surface area contributed by atoms with E-state index in [0.717, 1.165) is 19.3 Å². The summed E-state index contributed by atoms with van der Waals surface area (Å²) in [5.41, 5.74) is 3.81. The summed E-state index contributed by atoms with van der Waals surface area (Å²) in [5, 5.41) is 0. The van der Waals surface area contributed by atoms with Gasteiger partial charge in [-0.25, -0.2) is 0 Å². The number of fused-ring (bicyclic) bond motifs is 1. The quantitative estimate of drug-likeness (QED) is 0.768. The predicted molar refractivity (Wildman–Crippen MR) is 58.5 cm³/mol. The van der Waals surface area contributed by atoms with Gasteiger partial charge in [0.15, 0.2) is 0 Å². The minimum absolute atomic E-state index is 0.142. The number of H-pyrrole nitrogens is 1. The summed E-state index contributed by atoms with van der Waals surface area (Å²) in [6, 6.07) is 0. The highest BCUT2D eigenvalue weighted by atomic mass is 16.5. The smallest absolute Gasteiger partial charge is 0.305 e. The summed E-state index contributed by atoms with van der Waals surface area (Å²) in [6.07, 6.45) is 9.69. The molecule has 0 aliphatic heterocycles. The van der Waals surface area contributed by atoms with Crippen LogP contribution in [0.4, 0.5) is 0 Å². The second-order valence-corrected chi connectivity index (χ2v) is 3.72. The molecule has 1 aromatic rings. The standard InChI is InChI=1S/C12H15NO2/c1-15-12(14)7-6-9-8-13-11-5-3-2-4-10(9)11/h3,5,8,13H,2,4,6-7H2,1H3. The molecule has 1 heterocycles. The SMILES string of the molecule is COC(=O)CCc1c[nH]c2c1CCC=C2. The fraction of sp³-hybridized carbons (Fsp3) is 0.417. The largest absolute Gasteiger partial charge is 0.469 e. The lowest BCUT2D eigenvalue weighted by Gasteiger charge is -2.07. The summed E-state index contributed by atoms with van der Waals surface area (Å²) in [4.78, 5) is 14.3. The fourth-order valence-electron chi connectivity index (χ4n) is 1.95. The molecule has 1 aliphatic carbocycles. The first-order valence-electron chi connectivity index (χ1n) is 5.23. The van der Waals surface area contributed by atoms with Crippen LogP contribution in [-0.2, 0) is 22.4 Å². The number of aromatic amines is 1. The van der Waals surface area contributed by atoms with Gasteiger partial charge in [0.2, 0.25) is 0 Å². The van der Waals surface area contributed by atoms with Crippen LogP contribution < -0.4 is 0 Å². The maximum Gasteiger partial charge on any atom is 0.305 e. The number of rotatable bonds is 3. The highest BCUT2D eigenvalue weighted by molar-refractivity contribution is 5.69. The Balaban J connectivity index is 2.06. The summed E-state index contributed by atoms with van der Waals surface area (Å²) in [5.74, 6) is -0.142. The first kappa shape index (κ1) is 10.0. The maximum atomic E-state index is 11.0. The molecule has 15 heavy (non-hydrogen) atoms. The average Bonchev–Trinajstić information content (AvgIpc) is 2.69. The highest BCUT2D eigenvalue weighted by Gasteiger charge is 2.12. The molecule has 80 valence electrons. The van der Waals surface area contributed by atoms with E-state index in [4.69, 9.17) is 0 Å². The predicted octanol–water partition coefficient (Wildman–Crippen LogP) is 2.08. The van der Waals surface area contributed by atoms with Gasteiger partial charge in [0.05, 0.1) is 7.11 Å². The highest BCUT2D eigenvalue weighted by Crippen LogP contribution is 2.23. The Labute approximate surface area is 89.1 Å². The van der Waals surface area contributed by atoms with E-state index in [1.165, 1.54) is 23.9 Å². The number of aromatic nitrogens is 1. The van der Waals surface area contributed by atoms with Crippen molar-refractivity contribution in [3.63, 3.8) is 0 Å². The molecule has 1 aliphatic rings. The Bertz CT molecular complexity index is 390. The molecule has 0 fully saturated rings. The van der Waals surface area contributed by atoms with Gasteiger partial charge in [0.1, 0.15) is 0 Å². The van der Waals surface area contributed by atoms with Gasteiger partial charge >= 0.3 is 5.97 Å². The first-order valence-corrected chi connectivity index (χ1v) is 5.23. The van der Waals surface area contributed by atoms with Gasteiger partial charge in [-0.1, -0.05) is 6.08 Å². The number of allylic oxidation sites excluding steroid dienone is 1. The van der Waals surface area contributed by atoms with E-state index in [1.54, 1.807) is 0 Å². The van der Waals surface area contributed by atoms with Crippen LogP contribution >= 0.6 is 0 Å². The van der Waals surface area contributed by atoms with Gasteiger partial charge in [0.25, 0.3) is 0 Å². The third-order valence-corrected chi connectivity index (χ3v) is 2.79. The van der Waals surface area contributed by atoms with E-state index >= 15 is 0 Å². The van der Waals surface area contributed by atoms with Crippen molar-refractivity contribution < 1.29 is 9.53 Å². The van der Waals surface area contributed by atoms with Gasteiger partial charge in [-0.2, -0.15) is 0 Å². The Morgan fingerprint density at radius 1 is 1.60 bits per heavy atom. The van der Waals surface area contributed by atoms with Crippen molar-refractivity contribution in [1.29, 1.82) is 0 Å². The van der Waals surface area contributed by atoms with E-state index in [-0.39, 0.29) is 5.97 Å². The molecule has 0 saturated carbocycles. The summed E-state index contributed by atoms with van der Waals surface area (Å²) in [7, 11) is 1.43. The zero-order valence-electron chi connectivity index (χ0n) is 8.88. The van der Waals surface area contributed by atoms with Gasteiger partial charge in [-0.3, -0.25) is 4.79 Å². The van der Waals surface area contributed by atoms with Crippen molar-refractivity contribution >= 4 is 12.0 Å². The van der Waals surface area contributed by atoms with Crippen LogP contribution in [0.15, 0.2) is 12.3 Å². The molecule has 3 heteroatoms.